The lowest BCUT2D eigenvalue weighted by molar-refractivity contribution is -0.130. The van der Waals surface area contributed by atoms with Crippen LogP contribution in [0, 0.1) is 27.7 Å². The number of hydrogen-bond donors (Lipinski definition) is 1. The van der Waals surface area contributed by atoms with Gasteiger partial charge in [0.25, 0.3) is 5.91 Å². The van der Waals surface area contributed by atoms with Gasteiger partial charge in [-0.25, -0.2) is 4.79 Å². The summed E-state index contributed by atoms with van der Waals surface area (Å²) in [4.78, 5) is 40.1. The zero-order valence-corrected chi connectivity index (χ0v) is 20.1. The van der Waals surface area contributed by atoms with Crippen LogP contribution in [0.1, 0.15) is 45.4 Å². The fourth-order valence-electron chi connectivity index (χ4n) is 4.36. The van der Waals surface area contributed by atoms with Crippen molar-refractivity contribution >= 4 is 29.3 Å². The van der Waals surface area contributed by atoms with Crippen LogP contribution >= 0.6 is 11.6 Å². The Labute approximate surface area is 198 Å². The molecule has 1 aliphatic rings. The van der Waals surface area contributed by atoms with Gasteiger partial charge in [0.05, 0.1) is 6.54 Å². The molecule has 3 aromatic rings. The van der Waals surface area contributed by atoms with Gasteiger partial charge in [-0.05, 0) is 81.6 Å². The van der Waals surface area contributed by atoms with E-state index in [1.54, 1.807) is 31.2 Å². The molecule has 170 valence electrons. The molecule has 0 spiro atoms. The second-order valence-electron chi connectivity index (χ2n) is 8.77. The van der Waals surface area contributed by atoms with Gasteiger partial charge in [0, 0.05) is 27.7 Å². The normalized spacial score (nSPS) is 18.1. The highest BCUT2D eigenvalue weighted by molar-refractivity contribution is 6.30. The summed E-state index contributed by atoms with van der Waals surface area (Å²) in [6.07, 6.45) is 0. The van der Waals surface area contributed by atoms with Crippen LogP contribution in [0.4, 0.5) is 4.79 Å². The molecule has 0 saturated carbocycles. The van der Waals surface area contributed by atoms with Crippen LogP contribution in [0.15, 0.2) is 48.5 Å². The first-order chi connectivity index (χ1) is 15.5. The number of amides is 3. The van der Waals surface area contributed by atoms with E-state index in [0.29, 0.717) is 16.1 Å². The molecular formula is C26H26ClN3O3. The van der Waals surface area contributed by atoms with E-state index in [1.807, 2.05) is 37.5 Å². The number of benzene rings is 2. The van der Waals surface area contributed by atoms with Gasteiger partial charge in [-0.1, -0.05) is 29.8 Å². The number of halogens is 1. The van der Waals surface area contributed by atoms with E-state index in [-0.39, 0.29) is 12.3 Å². The van der Waals surface area contributed by atoms with Gasteiger partial charge in [-0.15, -0.1) is 0 Å². The standard InChI is InChI=1S/C26H26ClN3O3/c1-15-6-11-21(12-16(15)2)30-17(3)13-22(18(30)4)23(31)14-29-24(32)26(5,28-25(29)33)19-7-9-20(27)10-8-19/h6-13H,14H2,1-5H3,(H,28,33). The predicted octanol–water partition coefficient (Wildman–Crippen LogP) is 5.01. The largest absolute Gasteiger partial charge is 0.325 e. The Kier molecular flexibility index (Phi) is 5.66. The number of nitrogens with zero attached hydrogens (tertiary/aromatic N) is 2. The summed E-state index contributed by atoms with van der Waals surface area (Å²) in [5.74, 6) is -0.756. The van der Waals surface area contributed by atoms with Crippen LogP contribution in [-0.4, -0.2) is 33.7 Å². The highest BCUT2D eigenvalue weighted by atomic mass is 35.5. The number of urea groups is 1. The van der Waals surface area contributed by atoms with E-state index < -0.39 is 17.5 Å². The third-order valence-corrected chi connectivity index (χ3v) is 6.73. The number of hydrogen-bond acceptors (Lipinski definition) is 3. The molecule has 1 unspecified atom stereocenters. The smallest absolute Gasteiger partial charge is 0.319 e. The summed E-state index contributed by atoms with van der Waals surface area (Å²) in [5.41, 5.74) is 4.85. The van der Waals surface area contributed by atoms with Crippen molar-refractivity contribution in [2.24, 2.45) is 0 Å². The summed E-state index contributed by atoms with van der Waals surface area (Å²) >= 11 is 5.95. The highest BCUT2D eigenvalue weighted by Gasteiger charge is 2.49. The van der Waals surface area contributed by atoms with Crippen LogP contribution < -0.4 is 5.32 Å². The second kappa shape index (κ2) is 8.19. The van der Waals surface area contributed by atoms with E-state index in [4.69, 9.17) is 11.6 Å². The summed E-state index contributed by atoms with van der Waals surface area (Å²) in [7, 11) is 0. The number of ketones is 1. The number of aromatic nitrogens is 1. The molecule has 1 N–H and O–H groups in total. The molecule has 4 rings (SSSR count). The second-order valence-corrected chi connectivity index (χ2v) is 9.20. The fourth-order valence-corrected chi connectivity index (χ4v) is 4.48. The molecule has 0 bridgehead atoms. The van der Waals surface area contributed by atoms with Crippen molar-refractivity contribution in [1.82, 2.24) is 14.8 Å². The molecule has 6 nitrogen and oxygen atoms in total. The average Bonchev–Trinajstić information content (AvgIpc) is 3.18. The van der Waals surface area contributed by atoms with Crippen molar-refractivity contribution in [3.8, 4) is 5.69 Å². The summed E-state index contributed by atoms with van der Waals surface area (Å²) in [6, 6.07) is 14.1. The van der Waals surface area contributed by atoms with Gasteiger partial charge >= 0.3 is 6.03 Å². The van der Waals surface area contributed by atoms with E-state index in [1.165, 1.54) is 5.56 Å². The lowest BCUT2D eigenvalue weighted by atomic mass is 9.92. The number of Topliss-reactive ketones (excluding diaryl/α,β-unsaturated/α-hetero) is 1. The molecule has 2 heterocycles. The third-order valence-electron chi connectivity index (χ3n) is 6.48. The summed E-state index contributed by atoms with van der Waals surface area (Å²) in [6.45, 7) is 9.22. The van der Waals surface area contributed by atoms with E-state index in [9.17, 15) is 14.4 Å². The maximum Gasteiger partial charge on any atom is 0.325 e. The Balaban J connectivity index is 1.61. The fraction of sp³-hybridized carbons (Fsp3) is 0.269. The maximum absolute atomic E-state index is 13.2. The molecule has 1 atom stereocenters. The first-order valence-corrected chi connectivity index (χ1v) is 11.1. The molecule has 0 radical (unpaired) electrons. The van der Waals surface area contributed by atoms with Crippen LogP contribution in [0.5, 0.6) is 0 Å². The molecular weight excluding hydrogens is 438 g/mol. The van der Waals surface area contributed by atoms with Crippen molar-refractivity contribution in [2.75, 3.05) is 6.54 Å². The quantitative estimate of drug-likeness (QED) is 0.427. The minimum absolute atomic E-state index is 0.290. The first kappa shape index (κ1) is 22.8. The molecule has 1 fully saturated rings. The Hall–Kier alpha value is -3.38. The minimum Gasteiger partial charge on any atom is -0.319 e. The Morgan fingerprint density at radius 2 is 1.64 bits per heavy atom. The first-order valence-electron chi connectivity index (χ1n) is 10.7. The number of imide groups is 1. The van der Waals surface area contributed by atoms with Crippen molar-refractivity contribution in [3.63, 3.8) is 0 Å². The van der Waals surface area contributed by atoms with Crippen LogP contribution in [0.3, 0.4) is 0 Å². The Morgan fingerprint density at radius 1 is 0.970 bits per heavy atom. The van der Waals surface area contributed by atoms with Gasteiger partial charge in [0.1, 0.15) is 5.54 Å². The van der Waals surface area contributed by atoms with Crippen molar-refractivity contribution in [1.29, 1.82) is 0 Å². The number of carbonyl (C=O) groups is 3. The van der Waals surface area contributed by atoms with Crippen LogP contribution in [0.25, 0.3) is 5.69 Å². The van der Waals surface area contributed by atoms with Gasteiger partial charge in [0.2, 0.25) is 0 Å². The average molecular weight is 464 g/mol. The highest BCUT2D eigenvalue weighted by Crippen LogP contribution is 2.30. The van der Waals surface area contributed by atoms with E-state index in [2.05, 4.69) is 24.4 Å². The Morgan fingerprint density at radius 3 is 2.27 bits per heavy atom. The summed E-state index contributed by atoms with van der Waals surface area (Å²) in [5, 5.41) is 3.26. The zero-order chi connectivity index (χ0) is 24.1. The molecule has 2 aromatic carbocycles. The number of carbonyl (C=O) groups excluding carboxylic acids is 3. The molecule has 33 heavy (non-hydrogen) atoms. The lowest BCUT2D eigenvalue weighted by Gasteiger charge is -2.22. The third kappa shape index (κ3) is 3.85. The van der Waals surface area contributed by atoms with E-state index in [0.717, 1.165) is 27.5 Å². The van der Waals surface area contributed by atoms with Gasteiger partial charge < -0.3 is 9.88 Å². The predicted molar refractivity (Wildman–Crippen MR) is 128 cm³/mol. The lowest BCUT2D eigenvalue weighted by Crippen LogP contribution is -2.41. The molecule has 1 aliphatic heterocycles. The van der Waals surface area contributed by atoms with Crippen molar-refractivity contribution in [3.05, 3.63) is 87.2 Å². The molecule has 7 heteroatoms. The van der Waals surface area contributed by atoms with Crippen LogP contribution in [0.2, 0.25) is 5.02 Å². The monoisotopic (exact) mass is 463 g/mol. The van der Waals surface area contributed by atoms with E-state index >= 15 is 0 Å². The van der Waals surface area contributed by atoms with Gasteiger partial charge in [-0.3, -0.25) is 14.5 Å². The van der Waals surface area contributed by atoms with Gasteiger partial charge in [0.15, 0.2) is 5.78 Å². The number of aryl methyl sites for hydroxylation is 3. The van der Waals surface area contributed by atoms with Crippen LogP contribution in [-0.2, 0) is 10.3 Å². The zero-order valence-electron chi connectivity index (χ0n) is 19.3. The van der Waals surface area contributed by atoms with Gasteiger partial charge in [-0.2, -0.15) is 0 Å². The maximum atomic E-state index is 13.2. The molecule has 1 saturated heterocycles. The minimum atomic E-state index is -1.25. The Bertz CT molecular complexity index is 1290. The molecule has 0 aliphatic carbocycles. The topological polar surface area (TPSA) is 71.4 Å². The summed E-state index contributed by atoms with van der Waals surface area (Å²) < 4.78 is 2.02. The number of rotatable bonds is 5. The molecule has 3 amide bonds. The SMILES string of the molecule is Cc1ccc(-n2c(C)cc(C(=O)CN3C(=O)NC(C)(c4ccc(Cl)cc4)C3=O)c2C)cc1C. The van der Waals surface area contributed by atoms with Crippen molar-refractivity contribution in [2.45, 2.75) is 40.2 Å². The molecule has 1 aromatic heterocycles. The van der Waals surface area contributed by atoms with Crippen molar-refractivity contribution < 1.29 is 14.4 Å². The number of nitrogens with one attached hydrogen (secondary N) is 1.